The van der Waals surface area contributed by atoms with Crippen LogP contribution in [0.15, 0.2) is 53.7 Å². The lowest BCUT2D eigenvalue weighted by atomic mass is 9.88. The molecule has 1 N–H and O–H groups in total. The molecular formula is C20H20F2N2O3. The zero-order valence-electron chi connectivity index (χ0n) is 14.6. The number of fused-ring (bicyclic) bond motifs is 1. The van der Waals surface area contributed by atoms with Crippen LogP contribution in [-0.4, -0.2) is 25.3 Å². The third-order valence-electron chi connectivity index (χ3n) is 4.28. The molecule has 3 rings (SSSR count). The summed E-state index contributed by atoms with van der Waals surface area (Å²) in [5.74, 6) is -0.176. The molecule has 0 heterocycles. The van der Waals surface area contributed by atoms with Gasteiger partial charge in [0.15, 0.2) is 6.61 Å². The third kappa shape index (κ3) is 5.51. The largest absolute Gasteiger partial charge is 0.435 e. The number of amides is 1. The molecule has 0 saturated carbocycles. The van der Waals surface area contributed by atoms with E-state index < -0.39 is 6.61 Å². The summed E-state index contributed by atoms with van der Waals surface area (Å²) in [5, 5.41) is 6.71. The van der Waals surface area contributed by atoms with Gasteiger partial charge >= 0.3 is 6.61 Å². The first-order valence-corrected chi connectivity index (χ1v) is 8.69. The summed E-state index contributed by atoms with van der Waals surface area (Å²) in [4.78, 5) is 17.1. The van der Waals surface area contributed by atoms with Gasteiger partial charge < -0.3 is 14.9 Å². The van der Waals surface area contributed by atoms with Crippen LogP contribution in [0.25, 0.3) is 0 Å². The molecule has 1 amide bonds. The molecule has 0 bridgehead atoms. The molecule has 1 aliphatic rings. The Kier molecular flexibility index (Phi) is 6.35. The number of hydrogen-bond acceptors (Lipinski definition) is 4. The quantitative estimate of drug-likeness (QED) is 0.592. The minimum atomic E-state index is -2.86. The van der Waals surface area contributed by atoms with E-state index in [9.17, 15) is 13.6 Å². The second-order valence-corrected chi connectivity index (χ2v) is 6.17. The average molecular weight is 374 g/mol. The van der Waals surface area contributed by atoms with Gasteiger partial charge in [0.05, 0.1) is 12.3 Å². The Hall–Kier alpha value is -2.96. The highest BCUT2D eigenvalue weighted by atomic mass is 19.3. The SMILES string of the molecule is O=C(CO/N=C\c1ccc(OC(F)F)cc1)N[C@@H]1CCCc2ccccc21. The second-order valence-electron chi connectivity index (χ2n) is 6.17. The van der Waals surface area contributed by atoms with Crippen LogP contribution in [0.2, 0.25) is 0 Å². The predicted octanol–water partition coefficient (Wildman–Crippen LogP) is 3.83. The number of nitrogens with zero attached hydrogens (tertiary/aromatic N) is 1. The molecule has 0 radical (unpaired) electrons. The Morgan fingerprint density at radius 1 is 1.22 bits per heavy atom. The maximum Gasteiger partial charge on any atom is 0.387 e. The van der Waals surface area contributed by atoms with Gasteiger partial charge in [0.2, 0.25) is 0 Å². The molecule has 0 aliphatic heterocycles. The summed E-state index contributed by atoms with van der Waals surface area (Å²) < 4.78 is 28.4. The minimum absolute atomic E-state index is 0.00240. The highest BCUT2D eigenvalue weighted by molar-refractivity contribution is 5.80. The monoisotopic (exact) mass is 374 g/mol. The number of ether oxygens (including phenoxy) is 1. The first-order chi connectivity index (χ1) is 13.1. The van der Waals surface area contributed by atoms with Crippen LogP contribution in [-0.2, 0) is 16.1 Å². The Morgan fingerprint density at radius 3 is 2.78 bits per heavy atom. The molecular weight excluding hydrogens is 354 g/mol. The van der Waals surface area contributed by atoms with E-state index in [2.05, 4.69) is 21.3 Å². The highest BCUT2D eigenvalue weighted by Gasteiger charge is 2.21. The highest BCUT2D eigenvalue weighted by Crippen LogP contribution is 2.29. The van der Waals surface area contributed by atoms with Gasteiger partial charge in [0, 0.05) is 0 Å². The maximum absolute atomic E-state index is 12.1. The van der Waals surface area contributed by atoms with Crippen LogP contribution >= 0.6 is 0 Å². The summed E-state index contributed by atoms with van der Waals surface area (Å²) in [6.45, 7) is -3.05. The predicted molar refractivity (Wildman–Crippen MR) is 96.9 cm³/mol. The molecule has 1 atom stereocenters. The van der Waals surface area contributed by atoms with Crippen molar-refractivity contribution in [2.45, 2.75) is 31.9 Å². The number of hydrogen-bond donors (Lipinski definition) is 1. The van der Waals surface area contributed by atoms with Gasteiger partial charge in [-0.25, -0.2) is 0 Å². The lowest BCUT2D eigenvalue weighted by Gasteiger charge is -2.26. The van der Waals surface area contributed by atoms with Crippen LogP contribution in [0.5, 0.6) is 5.75 Å². The van der Waals surface area contributed by atoms with Crippen molar-refractivity contribution in [3.8, 4) is 5.75 Å². The zero-order chi connectivity index (χ0) is 19.1. The molecule has 5 nitrogen and oxygen atoms in total. The topological polar surface area (TPSA) is 59.9 Å². The molecule has 0 aromatic heterocycles. The number of oxime groups is 1. The molecule has 7 heteroatoms. The van der Waals surface area contributed by atoms with Gasteiger partial charge in [-0.2, -0.15) is 8.78 Å². The standard InChI is InChI=1S/C20H20F2N2O3/c21-20(22)27-16-10-8-14(9-11-16)12-23-26-13-19(25)24-18-7-3-5-15-4-1-2-6-17(15)18/h1-2,4,6,8-12,18,20H,3,5,7,13H2,(H,24,25)/b23-12-/t18-/m1/s1. The van der Waals surface area contributed by atoms with Gasteiger partial charge in [0.25, 0.3) is 5.91 Å². The van der Waals surface area contributed by atoms with E-state index >= 15 is 0 Å². The van der Waals surface area contributed by atoms with Crippen LogP contribution in [0.1, 0.15) is 35.6 Å². The molecule has 0 fully saturated rings. The summed E-state index contributed by atoms with van der Waals surface area (Å²) in [6.07, 6.45) is 4.37. The van der Waals surface area contributed by atoms with E-state index in [1.807, 2.05) is 18.2 Å². The normalized spacial score (nSPS) is 16.2. The van der Waals surface area contributed by atoms with Gasteiger partial charge in [-0.3, -0.25) is 4.79 Å². The fraction of sp³-hybridized carbons (Fsp3) is 0.300. The molecule has 0 saturated heterocycles. The van der Waals surface area contributed by atoms with Crippen molar-refractivity contribution in [3.63, 3.8) is 0 Å². The van der Waals surface area contributed by atoms with Crippen LogP contribution < -0.4 is 10.1 Å². The van der Waals surface area contributed by atoms with Crippen molar-refractivity contribution in [1.29, 1.82) is 0 Å². The molecule has 2 aromatic rings. The lowest BCUT2D eigenvalue weighted by Crippen LogP contribution is -2.33. The number of aryl methyl sites for hydroxylation is 1. The Balaban J connectivity index is 1.45. The summed E-state index contributed by atoms with van der Waals surface area (Å²) >= 11 is 0. The van der Waals surface area contributed by atoms with Crippen LogP contribution in [0, 0.1) is 0 Å². The first-order valence-electron chi connectivity index (χ1n) is 8.69. The molecule has 1 aliphatic carbocycles. The van der Waals surface area contributed by atoms with E-state index in [1.54, 1.807) is 12.1 Å². The van der Waals surface area contributed by atoms with Crippen molar-refractivity contribution in [3.05, 3.63) is 65.2 Å². The van der Waals surface area contributed by atoms with E-state index in [0.717, 1.165) is 24.8 Å². The summed E-state index contributed by atoms with van der Waals surface area (Å²) in [7, 11) is 0. The Morgan fingerprint density at radius 2 is 2.00 bits per heavy atom. The zero-order valence-corrected chi connectivity index (χ0v) is 14.6. The number of nitrogens with one attached hydrogen (secondary N) is 1. The third-order valence-corrected chi connectivity index (χ3v) is 4.28. The summed E-state index contributed by atoms with van der Waals surface area (Å²) in [5.41, 5.74) is 3.07. The van der Waals surface area contributed by atoms with Gasteiger partial charge in [-0.15, -0.1) is 0 Å². The number of alkyl halides is 2. The molecule has 0 spiro atoms. The van der Waals surface area contributed by atoms with Crippen molar-refractivity contribution in [1.82, 2.24) is 5.32 Å². The number of carbonyl (C=O) groups is 1. The van der Waals surface area contributed by atoms with Crippen molar-refractivity contribution < 1.29 is 23.1 Å². The fourth-order valence-electron chi connectivity index (χ4n) is 3.07. The minimum Gasteiger partial charge on any atom is -0.435 e. The molecule has 27 heavy (non-hydrogen) atoms. The second kappa shape index (κ2) is 9.12. The van der Waals surface area contributed by atoms with Gasteiger partial charge in [0.1, 0.15) is 5.75 Å². The van der Waals surface area contributed by atoms with E-state index in [4.69, 9.17) is 4.84 Å². The van der Waals surface area contributed by atoms with Crippen LogP contribution in [0.3, 0.4) is 0 Å². The van der Waals surface area contributed by atoms with Crippen molar-refractivity contribution >= 4 is 12.1 Å². The Bertz CT molecular complexity index is 794. The maximum atomic E-state index is 12.1. The van der Waals surface area contributed by atoms with Crippen molar-refractivity contribution in [2.75, 3.05) is 6.61 Å². The number of benzene rings is 2. The van der Waals surface area contributed by atoms with Crippen molar-refractivity contribution in [2.24, 2.45) is 5.16 Å². The smallest absolute Gasteiger partial charge is 0.387 e. The molecule has 0 unspecified atom stereocenters. The Labute approximate surface area is 156 Å². The van der Waals surface area contributed by atoms with Crippen LogP contribution in [0.4, 0.5) is 8.78 Å². The van der Waals surface area contributed by atoms with E-state index in [-0.39, 0.29) is 24.3 Å². The molecule has 2 aromatic carbocycles. The van der Waals surface area contributed by atoms with E-state index in [0.29, 0.717) is 5.56 Å². The fourth-order valence-corrected chi connectivity index (χ4v) is 3.07. The van der Waals surface area contributed by atoms with Gasteiger partial charge in [-0.05, 0) is 60.2 Å². The lowest BCUT2D eigenvalue weighted by molar-refractivity contribution is -0.126. The number of halogens is 2. The number of carbonyl (C=O) groups excluding carboxylic acids is 1. The van der Waals surface area contributed by atoms with E-state index in [1.165, 1.54) is 23.9 Å². The first kappa shape index (κ1) is 18.8. The molecule has 142 valence electrons. The average Bonchev–Trinajstić information content (AvgIpc) is 2.66. The summed E-state index contributed by atoms with van der Waals surface area (Å²) in [6, 6.07) is 14.0. The number of rotatable bonds is 7. The van der Waals surface area contributed by atoms with Gasteiger partial charge in [-0.1, -0.05) is 29.4 Å².